The van der Waals surface area contributed by atoms with Crippen molar-refractivity contribution in [1.82, 2.24) is 4.98 Å². The van der Waals surface area contributed by atoms with Gasteiger partial charge in [-0.15, -0.1) is 0 Å². The highest BCUT2D eigenvalue weighted by Crippen LogP contribution is 2.25. The summed E-state index contributed by atoms with van der Waals surface area (Å²) in [5.41, 5.74) is 2.20. The van der Waals surface area contributed by atoms with Crippen LogP contribution >= 0.6 is 22.6 Å². The maximum Gasteiger partial charge on any atom is 0.109 e. The SMILES string of the molecule is Ic1nc(-c2ccccc2)cc2ccccc12. The Kier molecular flexibility index (Phi) is 2.81. The zero-order chi connectivity index (χ0) is 11.7. The van der Waals surface area contributed by atoms with Crippen LogP contribution in [-0.4, -0.2) is 4.98 Å². The first-order chi connectivity index (χ1) is 8.34. The van der Waals surface area contributed by atoms with Crippen LogP contribution in [0.25, 0.3) is 22.0 Å². The van der Waals surface area contributed by atoms with Gasteiger partial charge in [0.05, 0.1) is 5.69 Å². The summed E-state index contributed by atoms with van der Waals surface area (Å²) in [5, 5.41) is 2.46. The molecule has 0 unspecified atom stereocenters. The van der Waals surface area contributed by atoms with Crippen molar-refractivity contribution in [2.24, 2.45) is 0 Å². The van der Waals surface area contributed by atoms with Crippen LogP contribution in [0.5, 0.6) is 0 Å². The molecule has 2 heteroatoms. The third-order valence-corrected chi connectivity index (χ3v) is 3.59. The molecule has 1 nitrogen and oxygen atoms in total. The van der Waals surface area contributed by atoms with Gasteiger partial charge < -0.3 is 0 Å². The number of aromatic nitrogens is 1. The van der Waals surface area contributed by atoms with E-state index in [-0.39, 0.29) is 0 Å². The number of rotatable bonds is 1. The molecule has 3 rings (SSSR count). The van der Waals surface area contributed by atoms with Gasteiger partial charge in [0.1, 0.15) is 3.70 Å². The number of nitrogens with zero attached hydrogens (tertiary/aromatic N) is 1. The maximum atomic E-state index is 4.66. The average Bonchev–Trinajstić information content (AvgIpc) is 2.40. The highest BCUT2D eigenvalue weighted by molar-refractivity contribution is 14.1. The number of hydrogen-bond donors (Lipinski definition) is 0. The van der Waals surface area contributed by atoms with Gasteiger partial charge in [0, 0.05) is 10.9 Å². The van der Waals surface area contributed by atoms with Gasteiger partial charge in [-0.1, -0.05) is 54.6 Å². The first-order valence-corrected chi connectivity index (χ1v) is 6.53. The van der Waals surface area contributed by atoms with E-state index in [9.17, 15) is 0 Å². The number of fused-ring (bicyclic) bond motifs is 1. The van der Waals surface area contributed by atoms with E-state index >= 15 is 0 Å². The number of halogens is 1. The van der Waals surface area contributed by atoms with Gasteiger partial charge in [-0.2, -0.15) is 0 Å². The maximum absolute atomic E-state index is 4.66. The van der Waals surface area contributed by atoms with Crippen molar-refractivity contribution < 1.29 is 0 Å². The summed E-state index contributed by atoms with van der Waals surface area (Å²) in [5.74, 6) is 0. The van der Waals surface area contributed by atoms with Crippen LogP contribution in [-0.2, 0) is 0 Å². The van der Waals surface area contributed by atoms with E-state index in [1.807, 2.05) is 24.3 Å². The van der Waals surface area contributed by atoms with Crippen LogP contribution in [0.15, 0.2) is 60.7 Å². The monoisotopic (exact) mass is 331 g/mol. The molecule has 0 N–H and O–H groups in total. The zero-order valence-corrected chi connectivity index (χ0v) is 11.3. The molecule has 0 radical (unpaired) electrons. The smallest absolute Gasteiger partial charge is 0.109 e. The van der Waals surface area contributed by atoms with E-state index in [0.29, 0.717) is 0 Å². The molecule has 17 heavy (non-hydrogen) atoms. The number of benzene rings is 2. The minimum Gasteiger partial charge on any atom is -0.241 e. The van der Waals surface area contributed by atoms with Gasteiger partial charge in [-0.05, 0) is 34.0 Å². The lowest BCUT2D eigenvalue weighted by atomic mass is 10.1. The van der Waals surface area contributed by atoms with Gasteiger partial charge in [0.15, 0.2) is 0 Å². The molecular formula is C15H10IN. The van der Waals surface area contributed by atoms with Crippen LogP contribution < -0.4 is 0 Å². The molecule has 0 saturated carbocycles. The molecule has 82 valence electrons. The molecule has 0 bridgehead atoms. The molecule has 0 amide bonds. The second-order valence-electron chi connectivity index (χ2n) is 3.89. The van der Waals surface area contributed by atoms with Crippen molar-refractivity contribution in [3.8, 4) is 11.3 Å². The molecule has 1 aromatic heterocycles. The van der Waals surface area contributed by atoms with Gasteiger partial charge in [0.25, 0.3) is 0 Å². The average molecular weight is 331 g/mol. The fourth-order valence-corrected chi connectivity index (χ4v) is 2.66. The first kappa shape index (κ1) is 10.7. The summed E-state index contributed by atoms with van der Waals surface area (Å²) in [7, 11) is 0. The standard InChI is InChI=1S/C15H10IN/c16-15-13-9-5-4-8-12(13)10-14(17-15)11-6-2-1-3-7-11/h1-10H. The second kappa shape index (κ2) is 4.45. The van der Waals surface area contributed by atoms with Crippen molar-refractivity contribution in [2.75, 3.05) is 0 Å². The third kappa shape index (κ3) is 2.05. The summed E-state index contributed by atoms with van der Waals surface area (Å²) in [4.78, 5) is 4.66. The van der Waals surface area contributed by atoms with Gasteiger partial charge in [0.2, 0.25) is 0 Å². The van der Waals surface area contributed by atoms with Gasteiger partial charge in [-0.3, -0.25) is 0 Å². The van der Waals surface area contributed by atoms with Crippen LogP contribution in [0, 0.1) is 3.70 Å². The van der Waals surface area contributed by atoms with Crippen molar-refractivity contribution in [2.45, 2.75) is 0 Å². The Labute approximate surface area is 114 Å². The van der Waals surface area contributed by atoms with Crippen LogP contribution in [0.4, 0.5) is 0 Å². The molecule has 0 fully saturated rings. The molecule has 0 spiro atoms. The lowest BCUT2D eigenvalue weighted by Gasteiger charge is -2.05. The highest BCUT2D eigenvalue weighted by atomic mass is 127. The van der Waals surface area contributed by atoms with Crippen LogP contribution in [0.1, 0.15) is 0 Å². The fraction of sp³-hybridized carbons (Fsp3) is 0. The van der Waals surface area contributed by atoms with Gasteiger partial charge >= 0.3 is 0 Å². The van der Waals surface area contributed by atoms with E-state index in [1.165, 1.54) is 10.8 Å². The lowest BCUT2D eigenvalue weighted by Crippen LogP contribution is -1.88. The Morgan fingerprint density at radius 1 is 0.824 bits per heavy atom. The molecule has 2 aromatic carbocycles. The molecule has 0 saturated heterocycles. The number of pyridine rings is 1. The Bertz CT molecular complexity index is 662. The molecule has 0 atom stereocenters. The van der Waals surface area contributed by atoms with E-state index in [4.69, 9.17) is 0 Å². The van der Waals surface area contributed by atoms with Crippen LogP contribution in [0.2, 0.25) is 0 Å². The summed E-state index contributed by atoms with van der Waals surface area (Å²) in [6.07, 6.45) is 0. The second-order valence-corrected chi connectivity index (χ2v) is 4.91. The normalized spacial score (nSPS) is 10.6. The molecular weight excluding hydrogens is 321 g/mol. The van der Waals surface area contributed by atoms with E-state index < -0.39 is 0 Å². The van der Waals surface area contributed by atoms with Gasteiger partial charge in [-0.25, -0.2) is 4.98 Å². The molecule has 0 aliphatic heterocycles. The van der Waals surface area contributed by atoms with E-state index in [2.05, 4.69) is 64.0 Å². The fourth-order valence-electron chi connectivity index (χ4n) is 1.91. The number of hydrogen-bond acceptors (Lipinski definition) is 1. The Morgan fingerprint density at radius 3 is 2.35 bits per heavy atom. The van der Waals surface area contributed by atoms with Crippen molar-refractivity contribution >= 4 is 33.4 Å². The lowest BCUT2D eigenvalue weighted by molar-refractivity contribution is 1.31. The van der Waals surface area contributed by atoms with E-state index in [1.54, 1.807) is 0 Å². The Morgan fingerprint density at radius 2 is 1.53 bits per heavy atom. The molecule has 0 aliphatic carbocycles. The zero-order valence-electron chi connectivity index (χ0n) is 9.10. The molecule has 1 heterocycles. The summed E-state index contributed by atoms with van der Waals surface area (Å²) in [6, 6.07) is 20.8. The highest BCUT2D eigenvalue weighted by Gasteiger charge is 2.04. The van der Waals surface area contributed by atoms with E-state index in [0.717, 1.165) is 15.0 Å². The Hall–Kier alpha value is -1.42. The quantitative estimate of drug-likeness (QED) is 0.472. The first-order valence-electron chi connectivity index (χ1n) is 5.45. The van der Waals surface area contributed by atoms with Crippen molar-refractivity contribution in [3.63, 3.8) is 0 Å². The largest absolute Gasteiger partial charge is 0.241 e. The summed E-state index contributed by atoms with van der Waals surface area (Å²) in [6.45, 7) is 0. The topological polar surface area (TPSA) is 12.9 Å². The predicted octanol–water partition coefficient (Wildman–Crippen LogP) is 4.51. The summed E-state index contributed by atoms with van der Waals surface area (Å²) >= 11 is 2.30. The summed E-state index contributed by atoms with van der Waals surface area (Å²) < 4.78 is 1.06. The molecule has 0 aliphatic rings. The Balaban J connectivity index is 2.26. The third-order valence-electron chi connectivity index (χ3n) is 2.76. The minimum absolute atomic E-state index is 1.04. The van der Waals surface area contributed by atoms with Crippen LogP contribution in [0.3, 0.4) is 0 Å². The molecule has 3 aromatic rings. The minimum atomic E-state index is 1.04. The van der Waals surface area contributed by atoms with Crippen molar-refractivity contribution in [3.05, 3.63) is 64.4 Å². The predicted molar refractivity (Wildman–Crippen MR) is 79.9 cm³/mol. The van der Waals surface area contributed by atoms with Crippen molar-refractivity contribution in [1.29, 1.82) is 0 Å².